The fraction of sp³-hybridized carbons (Fsp3) is 0.500. The smallest absolute Gasteiger partial charge is 0.239 e. The van der Waals surface area contributed by atoms with Gasteiger partial charge in [-0.1, -0.05) is 6.92 Å². The van der Waals surface area contributed by atoms with Gasteiger partial charge in [-0.25, -0.2) is 0 Å². The molecule has 88 valence electrons. The van der Waals surface area contributed by atoms with Gasteiger partial charge in [0, 0.05) is 19.4 Å². The highest BCUT2D eigenvalue weighted by atomic mass is 16.2. The van der Waals surface area contributed by atoms with E-state index < -0.39 is 6.04 Å². The van der Waals surface area contributed by atoms with Gasteiger partial charge in [0.1, 0.15) is 0 Å². The van der Waals surface area contributed by atoms with Crippen LogP contribution in [0.5, 0.6) is 0 Å². The quantitative estimate of drug-likeness (QED) is 0.834. The Morgan fingerprint density at radius 2 is 2.06 bits per heavy atom. The first kappa shape index (κ1) is 12.6. The first-order valence-electron chi connectivity index (χ1n) is 5.50. The zero-order chi connectivity index (χ0) is 12.1. The lowest BCUT2D eigenvalue weighted by Crippen LogP contribution is -2.41. The third kappa shape index (κ3) is 2.79. The molecule has 0 aromatic carbocycles. The zero-order valence-corrected chi connectivity index (χ0v) is 10.1. The summed E-state index contributed by atoms with van der Waals surface area (Å²) in [6.45, 7) is 3.76. The molecule has 0 aliphatic rings. The SMILES string of the molecule is CCC(c1ccncc1)N(C)C(=O)[C@@H](C)N. The lowest BCUT2D eigenvalue weighted by Gasteiger charge is -2.29. The maximum Gasteiger partial charge on any atom is 0.239 e. The van der Waals surface area contributed by atoms with E-state index in [4.69, 9.17) is 5.73 Å². The number of hydrogen-bond donors (Lipinski definition) is 1. The topological polar surface area (TPSA) is 59.2 Å². The molecule has 2 N–H and O–H groups in total. The van der Waals surface area contributed by atoms with Gasteiger partial charge >= 0.3 is 0 Å². The molecule has 2 atom stereocenters. The van der Waals surface area contributed by atoms with E-state index in [9.17, 15) is 4.79 Å². The number of nitrogens with two attached hydrogens (primary N) is 1. The van der Waals surface area contributed by atoms with Crippen LogP contribution in [0, 0.1) is 0 Å². The van der Waals surface area contributed by atoms with Crippen LogP contribution < -0.4 is 5.73 Å². The van der Waals surface area contributed by atoms with Crippen molar-refractivity contribution in [2.75, 3.05) is 7.05 Å². The second-order valence-corrected chi connectivity index (χ2v) is 3.94. The van der Waals surface area contributed by atoms with Crippen molar-refractivity contribution in [1.82, 2.24) is 9.88 Å². The van der Waals surface area contributed by atoms with Crippen molar-refractivity contribution in [3.05, 3.63) is 30.1 Å². The summed E-state index contributed by atoms with van der Waals surface area (Å²) < 4.78 is 0. The molecule has 0 aliphatic carbocycles. The van der Waals surface area contributed by atoms with Crippen LogP contribution in [-0.4, -0.2) is 28.9 Å². The molecule has 4 heteroatoms. The van der Waals surface area contributed by atoms with Crippen molar-refractivity contribution in [2.24, 2.45) is 5.73 Å². The maximum absolute atomic E-state index is 11.8. The Hall–Kier alpha value is -1.42. The highest BCUT2D eigenvalue weighted by Crippen LogP contribution is 2.22. The number of pyridine rings is 1. The summed E-state index contributed by atoms with van der Waals surface area (Å²) in [6.07, 6.45) is 4.34. The monoisotopic (exact) mass is 221 g/mol. The average Bonchev–Trinajstić information content (AvgIpc) is 2.30. The molecule has 0 saturated heterocycles. The Balaban J connectivity index is 2.87. The first-order chi connectivity index (χ1) is 7.57. The highest BCUT2D eigenvalue weighted by Gasteiger charge is 2.21. The first-order valence-corrected chi connectivity index (χ1v) is 5.50. The van der Waals surface area contributed by atoms with E-state index in [2.05, 4.69) is 11.9 Å². The van der Waals surface area contributed by atoms with Gasteiger partial charge in [-0.2, -0.15) is 0 Å². The van der Waals surface area contributed by atoms with E-state index >= 15 is 0 Å². The molecule has 16 heavy (non-hydrogen) atoms. The van der Waals surface area contributed by atoms with E-state index in [1.807, 2.05) is 12.1 Å². The zero-order valence-electron chi connectivity index (χ0n) is 10.1. The molecule has 0 spiro atoms. The van der Waals surface area contributed by atoms with Crippen LogP contribution in [0.2, 0.25) is 0 Å². The predicted octanol–water partition coefficient (Wildman–Crippen LogP) is 1.34. The van der Waals surface area contributed by atoms with Gasteiger partial charge in [-0.15, -0.1) is 0 Å². The van der Waals surface area contributed by atoms with Crippen LogP contribution in [0.3, 0.4) is 0 Å². The van der Waals surface area contributed by atoms with E-state index in [0.29, 0.717) is 0 Å². The van der Waals surface area contributed by atoms with E-state index in [1.165, 1.54) is 0 Å². The van der Waals surface area contributed by atoms with Crippen molar-refractivity contribution in [3.63, 3.8) is 0 Å². The lowest BCUT2D eigenvalue weighted by molar-refractivity contribution is -0.133. The third-order valence-corrected chi connectivity index (χ3v) is 2.68. The van der Waals surface area contributed by atoms with Crippen LogP contribution in [0.1, 0.15) is 31.9 Å². The number of hydrogen-bond acceptors (Lipinski definition) is 3. The van der Waals surface area contributed by atoms with Gasteiger partial charge < -0.3 is 10.6 Å². The van der Waals surface area contributed by atoms with Crippen molar-refractivity contribution in [1.29, 1.82) is 0 Å². The van der Waals surface area contributed by atoms with Crippen LogP contribution in [-0.2, 0) is 4.79 Å². The predicted molar refractivity (Wildman–Crippen MR) is 63.7 cm³/mol. The molecule has 4 nitrogen and oxygen atoms in total. The van der Waals surface area contributed by atoms with E-state index in [-0.39, 0.29) is 11.9 Å². The van der Waals surface area contributed by atoms with Gasteiger partial charge in [0.05, 0.1) is 12.1 Å². The molecular formula is C12H19N3O. The van der Waals surface area contributed by atoms with Crippen LogP contribution in [0.15, 0.2) is 24.5 Å². The Bertz CT molecular complexity index is 337. The Kier molecular flexibility index (Phi) is 4.43. The molecule has 0 fully saturated rings. The molecule has 1 rings (SSSR count). The fourth-order valence-electron chi connectivity index (χ4n) is 1.79. The third-order valence-electron chi connectivity index (χ3n) is 2.68. The second kappa shape index (κ2) is 5.61. The van der Waals surface area contributed by atoms with Gasteiger partial charge in [0.15, 0.2) is 0 Å². The minimum absolute atomic E-state index is 0.0383. The summed E-state index contributed by atoms with van der Waals surface area (Å²) in [4.78, 5) is 17.5. The normalized spacial score (nSPS) is 14.2. The number of likely N-dealkylation sites (N-methyl/N-ethyl adjacent to an activating group) is 1. The largest absolute Gasteiger partial charge is 0.337 e. The van der Waals surface area contributed by atoms with Crippen LogP contribution in [0.25, 0.3) is 0 Å². The summed E-state index contributed by atoms with van der Waals surface area (Å²) in [5, 5.41) is 0. The number of amides is 1. The van der Waals surface area contributed by atoms with Crippen molar-refractivity contribution >= 4 is 5.91 Å². The molecule has 1 heterocycles. The van der Waals surface area contributed by atoms with Crippen LogP contribution >= 0.6 is 0 Å². The van der Waals surface area contributed by atoms with Gasteiger partial charge in [-0.3, -0.25) is 9.78 Å². The summed E-state index contributed by atoms with van der Waals surface area (Å²) in [6, 6.07) is 3.47. The summed E-state index contributed by atoms with van der Waals surface area (Å²) >= 11 is 0. The molecule has 0 aliphatic heterocycles. The molecule has 1 aromatic heterocycles. The molecular weight excluding hydrogens is 202 g/mol. The number of rotatable bonds is 4. The Morgan fingerprint density at radius 3 is 2.50 bits per heavy atom. The second-order valence-electron chi connectivity index (χ2n) is 3.94. The summed E-state index contributed by atoms with van der Waals surface area (Å²) in [5.74, 6) is -0.0383. The standard InChI is InChI=1S/C12H19N3O/c1-4-11(10-5-7-14-8-6-10)15(3)12(16)9(2)13/h5-9,11H,4,13H2,1-3H3/t9-,11?/m1/s1. The highest BCUT2D eigenvalue weighted by molar-refractivity contribution is 5.81. The van der Waals surface area contributed by atoms with Gasteiger partial charge in [0.25, 0.3) is 0 Å². The maximum atomic E-state index is 11.8. The molecule has 0 radical (unpaired) electrons. The molecule has 1 unspecified atom stereocenters. The Labute approximate surface area is 96.5 Å². The molecule has 0 bridgehead atoms. The van der Waals surface area contributed by atoms with E-state index in [0.717, 1.165) is 12.0 Å². The minimum Gasteiger partial charge on any atom is -0.337 e. The minimum atomic E-state index is -0.458. The lowest BCUT2D eigenvalue weighted by atomic mass is 10.0. The van der Waals surface area contributed by atoms with Gasteiger partial charge in [0.2, 0.25) is 5.91 Å². The van der Waals surface area contributed by atoms with Crippen molar-refractivity contribution in [3.8, 4) is 0 Å². The molecule has 1 amide bonds. The molecule has 1 aromatic rings. The van der Waals surface area contributed by atoms with Crippen molar-refractivity contribution in [2.45, 2.75) is 32.4 Å². The van der Waals surface area contributed by atoms with Crippen LogP contribution in [0.4, 0.5) is 0 Å². The number of carbonyl (C=O) groups is 1. The van der Waals surface area contributed by atoms with Gasteiger partial charge in [-0.05, 0) is 31.0 Å². The summed E-state index contributed by atoms with van der Waals surface area (Å²) in [7, 11) is 1.79. The van der Waals surface area contributed by atoms with Crippen molar-refractivity contribution < 1.29 is 4.79 Å². The number of nitrogens with zero attached hydrogens (tertiary/aromatic N) is 2. The number of carbonyl (C=O) groups excluding carboxylic acids is 1. The average molecular weight is 221 g/mol. The molecule has 0 saturated carbocycles. The Morgan fingerprint density at radius 1 is 1.50 bits per heavy atom. The summed E-state index contributed by atoms with van der Waals surface area (Å²) in [5.41, 5.74) is 6.70. The van der Waals surface area contributed by atoms with E-state index in [1.54, 1.807) is 31.3 Å². The fourth-order valence-corrected chi connectivity index (χ4v) is 1.79. The number of aromatic nitrogens is 1.